The molecule has 0 spiro atoms. The summed E-state index contributed by atoms with van der Waals surface area (Å²) in [4.78, 5) is 57.8. The van der Waals surface area contributed by atoms with Gasteiger partial charge in [-0.3, -0.25) is 24.0 Å². The molecule has 0 saturated carbocycles. The molecule has 4 atom stereocenters. The number of carbonyl (C=O) groups excluding carboxylic acids is 3. The van der Waals surface area contributed by atoms with E-state index >= 15 is 0 Å². The molecule has 0 unspecified atom stereocenters. The SMILES string of the molecule is CC(C)[C@H](NC(=O)[C@H](CO)NC(=O)[C@@H](N)CCC(=O)O)C(=O)N[C@@H](C)C(=O)O. The Morgan fingerprint density at radius 3 is 1.89 bits per heavy atom. The van der Waals surface area contributed by atoms with E-state index in [-0.39, 0.29) is 12.8 Å². The number of carboxylic acid groups (broad SMARTS) is 2. The highest BCUT2D eigenvalue weighted by Crippen LogP contribution is 2.04. The molecule has 12 nitrogen and oxygen atoms in total. The van der Waals surface area contributed by atoms with Crippen molar-refractivity contribution in [3.8, 4) is 0 Å². The highest BCUT2D eigenvalue weighted by Gasteiger charge is 2.30. The third-order valence-corrected chi connectivity index (χ3v) is 3.80. The van der Waals surface area contributed by atoms with Crippen molar-refractivity contribution in [3.05, 3.63) is 0 Å². The van der Waals surface area contributed by atoms with Crippen molar-refractivity contribution >= 4 is 29.7 Å². The average molecular weight is 404 g/mol. The van der Waals surface area contributed by atoms with Gasteiger partial charge in [0.05, 0.1) is 12.6 Å². The lowest BCUT2D eigenvalue weighted by molar-refractivity contribution is -0.142. The van der Waals surface area contributed by atoms with Crippen molar-refractivity contribution in [1.29, 1.82) is 0 Å². The summed E-state index contributed by atoms with van der Waals surface area (Å²) in [6, 6.07) is -4.90. The van der Waals surface area contributed by atoms with Crippen LogP contribution in [0.5, 0.6) is 0 Å². The highest BCUT2D eigenvalue weighted by atomic mass is 16.4. The van der Waals surface area contributed by atoms with E-state index in [1.54, 1.807) is 13.8 Å². The molecule has 8 N–H and O–H groups in total. The summed E-state index contributed by atoms with van der Waals surface area (Å²) >= 11 is 0. The molecule has 0 aliphatic heterocycles. The Kier molecular flexibility index (Phi) is 10.7. The van der Waals surface area contributed by atoms with E-state index in [4.69, 9.17) is 15.9 Å². The molecule has 0 aliphatic carbocycles. The number of aliphatic carboxylic acids is 2. The van der Waals surface area contributed by atoms with Gasteiger partial charge >= 0.3 is 11.9 Å². The number of hydrogen-bond donors (Lipinski definition) is 7. The third kappa shape index (κ3) is 8.77. The molecule has 0 fully saturated rings. The Bertz CT molecular complexity index is 595. The van der Waals surface area contributed by atoms with Gasteiger partial charge in [-0.25, -0.2) is 0 Å². The highest BCUT2D eigenvalue weighted by molar-refractivity contribution is 5.94. The first kappa shape index (κ1) is 25.3. The van der Waals surface area contributed by atoms with Crippen LogP contribution in [0.2, 0.25) is 0 Å². The molecule has 12 heteroatoms. The van der Waals surface area contributed by atoms with Gasteiger partial charge < -0.3 is 37.0 Å². The Labute approximate surface area is 161 Å². The van der Waals surface area contributed by atoms with Crippen molar-refractivity contribution in [1.82, 2.24) is 16.0 Å². The molecule has 0 bridgehead atoms. The summed E-state index contributed by atoms with van der Waals surface area (Å²) in [7, 11) is 0. The van der Waals surface area contributed by atoms with Gasteiger partial charge in [0.15, 0.2) is 0 Å². The lowest BCUT2D eigenvalue weighted by Gasteiger charge is -2.25. The van der Waals surface area contributed by atoms with Gasteiger partial charge in [-0.1, -0.05) is 13.8 Å². The zero-order chi connectivity index (χ0) is 22.0. The fraction of sp³-hybridized carbons (Fsp3) is 0.688. The summed E-state index contributed by atoms with van der Waals surface area (Å²) < 4.78 is 0. The quantitative estimate of drug-likeness (QED) is 0.181. The number of amides is 3. The van der Waals surface area contributed by atoms with Crippen LogP contribution in [0.15, 0.2) is 0 Å². The van der Waals surface area contributed by atoms with Crippen LogP contribution in [0.3, 0.4) is 0 Å². The van der Waals surface area contributed by atoms with Gasteiger partial charge in [-0.15, -0.1) is 0 Å². The van der Waals surface area contributed by atoms with Crippen LogP contribution in [0, 0.1) is 5.92 Å². The minimum absolute atomic E-state index is 0.162. The number of rotatable bonds is 12. The normalized spacial score (nSPS) is 15.1. The minimum Gasteiger partial charge on any atom is -0.481 e. The number of nitrogens with one attached hydrogen (secondary N) is 3. The first-order valence-corrected chi connectivity index (χ1v) is 8.62. The topological polar surface area (TPSA) is 208 Å². The molecule has 0 aromatic heterocycles. The molecule has 28 heavy (non-hydrogen) atoms. The van der Waals surface area contributed by atoms with Crippen LogP contribution >= 0.6 is 0 Å². The van der Waals surface area contributed by atoms with Crippen LogP contribution in [0.25, 0.3) is 0 Å². The zero-order valence-corrected chi connectivity index (χ0v) is 16.0. The molecule has 160 valence electrons. The lowest BCUT2D eigenvalue weighted by Crippen LogP contribution is -2.59. The van der Waals surface area contributed by atoms with E-state index in [1.807, 2.05) is 0 Å². The third-order valence-electron chi connectivity index (χ3n) is 3.80. The van der Waals surface area contributed by atoms with Crippen LogP contribution < -0.4 is 21.7 Å². The van der Waals surface area contributed by atoms with E-state index < -0.39 is 66.4 Å². The zero-order valence-electron chi connectivity index (χ0n) is 16.0. The molecule has 0 aromatic rings. The Morgan fingerprint density at radius 1 is 0.893 bits per heavy atom. The molecule has 0 saturated heterocycles. The second kappa shape index (κ2) is 11.9. The van der Waals surface area contributed by atoms with E-state index in [9.17, 15) is 29.1 Å². The summed E-state index contributed by atoms with van der Waals surface area (Å²) in [5, 5.41) is 33.6. The number of carbonyl (C=O) groups is 5. The fourth-order valence-electron chi connectivity index (χ4n) is 2.04. The molecule has 0 rings (SSSR count). The lowest BCUT2D eigenvalue weighted by atomic mass is 10.0. The van der Waals surface area contributed by atoms with Crippen molar-refractivity contribution in [2.45, 2.75) is 57.8 Å². The summed E-state index contributed by atoms with van der Waals surface area (Å²) in [6.45, 7) is 3.70. The maximum Gasteiger partial charge on any atom is 0.325 e. The van der Waals surface area contributed by atoms with Crippen LogP contribution in [-0.4, -0.2) is 75.8 Å². The molecule has 0 radical (unpaired) electrons. The van der Waals surface area contributed by atoms with E-state index in [2.05, 4.69) is 16.0 Å². The van der Waals surface area contributed by atoms with Crippen molar-refractivity contribution in [2.75, 3.05) is 6.61 Å². The number of aliphatic hydroxyl groups is 1. The number of carboxylic acids is 2. The average Bonchev–Trinajstić information content (AvgIpc) is 2.60. The second-order valence-corrected chi connectivity index (χ2v) is 6.58. The van der Waals surface area contributed by atoms with E-state index in [0.29, 0.717) is 0 Å². The molecular formula is C16H28N4O8. The van der Waals surface area contributed by atoms with Gasteiger partial charge in [0.2, 0.25) is 17.7 Å². The second-order valence-electron chi connectivity index (χ2n) is 6.58. The summed E-state index contributed by atoms with van der Waals surface area (Å²) in [5.41, 5.74) is 5.54. The Morgan fingerprint density at radius 2 is 1.46 bits per heavy atom. The fourth-order valence-corrected chi connectivity index (χ4v) is 2.04. The van der Waals surface area contributed by atoms with Gasteiger partial charge in [0.1, 0.15) is 18.1 Å². The van der Waals surface area contributed by atoms with E-state index in [1.165, 1.54) is 6.92 Å². The van der Waals surface area contributed by atoms with Gasteiger partial charge in [-0.2, -0.15) is 0 Å². The largest absolute Gasteiger partial charge is 0.481 e. The predicted octanol–water partition coefficient (Wildman–Crippen LogP) is -2.61. The molecule has 0 aromatic carbocycles. The van der Waals surface area contributed by atoms with Crippen molar-refractivity contribution in [2.24, 2.45) is 11.7 Å². The number of hydrogen-bond acceptors (Lipinski definition) is 7. The van der Waals surface area contributed by atoms with Gasteiger partial charge in [0, 0.05) is 6.42 Å². The molecular weight excluding hydrogens is 376 g/mol. The summed E-state index contributed by atoms with van der Waals surface area (Å²) in [5.74, 6) is -5.25. The first-order valence-electron chi connectivity index (χ1n) is 8.62. The number of aliphatic hydroxyl groups excluding tert-OH is 1. The van der Waals surface area contributed by atoms with E-state index in [0.717, 1.165) is 0 Å². The monoisotopic (exact) mass is 404 g/mol. The van der Waals surface area contributed by atoms with Crippen molar-refractivity contribution < 1.29 is 39.3 Å². The van der Waals surface area contributed by atoms with Crippen molar-refractivity contribution in [3.63, 3.8) is 0 Å². The van der Waals surface area contributed by atoms with Crippen LogP contribution in [0.1, 0.15) is 33.6 Å². The van der Waals surface area contributed by atoms with Gasteiger partial charge in [0.25, 0.3) is 0 Å². The smallest absolute Gasteiger partial charge is 0.325 e. The maximum atomic E-state index is 12.3. The first-order chi connectivity index (χ1) is 12.9. The minimum atomic E-state index is -1.42. The molecule has 0 heterocycles. The van der Waals surface area contributed by atoms with Gasteiger partial charge in [-0.05, 0) is 19.3 Å². The standard InChI is InChI=1S/C16H28N4O8/c1-7(2)12(15(26)18-8(3)16(27)28)20-14(25)10(6-21)19-13(24)9(17)4-5-11(22)23/h7-10,12,21H,4-6,17H2,1-3H3,(H,18,26)(H,19,24)(H,20,25)(H,22,23)(H,27,28)/t8-,9-,10-,12-/m0/s1. The molecule has 0 aliphatic rings. The maximum absolute atomic E-state index is 12.3. The van der Waals surface area contributed by atoms with Crippen LogP contribution in [-0.2, 0) is 24.0 Å². The summed E-state index contributed by atoms with van der Waals surface area (Å²) in [6.07, 6.45) is -0.507. The predicted molar refractivity (Wildman–Crippen MR) is 95.9 cm³/mol. The van der Waals surface area contributed by atoms with Crippen LogP contribution in [0.4, 0.5) is 0 Å². The Balaban J connectivity index is 4.97. The number of nitrogens with two attached hydrogens (primary N) is 1. The molecule has 3 amide bonds. The Hall–Kier alpha value is -2.73.